The summed E-state index contributed by atoms with van der Waals surface area (Å²) in [5.41, 5.74) is 4.85. The maximum atomic E-state index is 12.5. The predicted octanol–water partition coefficient (Wildman–Crippen LogP) is 3.01. The molecule has 1 aliphatic rings. The summed E-state index contributed by atoms with van der Waals surface area (Å²) >= 11 is 0. The van der Waals surface area contributed by atoms with Crippen molar-refractivity contribution in [3.8, 4) is 0 Å². The van der Waals surface area contributed by atoms with Gasteiger partial charge in [0.05, 0.1) is 0 Å². The van der Waals surface area contributed by atoms with E-state index in [0.717, 1.165) is 13.0 Å². The lowest BCUT2D eigenvalue weighted by Crippen LogP contribution is -2.43. The van der Waals surface area contributed by atoms with Crippen LogP contribution in [0.1, 0.15) is 42.5 Å². The summed E-state index contributed by atoms with van der Waals surface area (Å²) in [4.78, 5) is 28.4. The molecule has 25 heavy (non-hydrogen) atoms. The van der Waals surface area contributed by atoms with Crippen molar-refractivity contribution in [2.45, 2.75) is 47.6 Å². The van der Waals surface area contributed by atoms with Crippen molar-refractivity contribution >= 4 is 11.9 Å². The maximum Gasteiger partial charge on any atom is 0.317 e. The van der Waals surface area contributed by atoms with Crippen LogP contribution in [0.2, 0.25) is 0 Å². The average Bonchev–Trinajstić information content (AvgIpc) is 2.78. The minimum atomic E-state index is -0.0433. The Balaban J connectivity index is 1.92. The Kier molecular flexibility index (Phi) is 6.45. The SMILES string of the molecule is Cc1cc(C)c(CNC(=O)N2CCCN(C(=O)C(C)C)CC2)c(C)c1. The van der Waals surface area contributed by atoms with E-state index in [4.69, 9.17) is 0 Å². The Labute approximate surface area is 151 Å². The summed E-state index contributed by atoms with van der Waals surface area (Å²) in [6, 6.07) is 4.25. The van der Waals surface area contributed by atoms with E-state index in [1.807, 2.05) is 23.6 Å². The summed E-state index contributed by atoms with van der Waals surface area (Å²) in [5.74, 6) is 0.182. The first-order chi connectivity index (χ1) is 11.8. The molecule has 138 valence electrons. The van der Waals surface area contributed by atoms with Crippen LogP contribution in [0, 0.1) is 26.7 Å². The van der Waals surface area contributed by atoms with Gasteiger partial charge in [-0.2, -0.15) is 0 Å². The highest BCUT2D eigenvalue weighted by atomic mass is 16.2. The van der Waals surface area contributed by atoms with Crippen LogP contribution in [0.15, 0.2) is 12.1 Å². The number of hydrogen-bond donors (Lipinski definition) is 1. The molecule has 2 rings (SSSR count). The molecule has 1 saturated heterocycles. The van der Waals surface area contributed by atoms with E-state index in [2.05, 4.69) is 38.2 Å². The molecular weight excluding hydrogens is 314 g/mol. The zero-order valence-corrected chi connectivity index (χ0v) is 16.2. The number of aryl methyl sites for hydroxylation is 3. The molecule has 0 aromatic heterocycles. The van der Waals surface area contributed by atoms with Crippen LogP contribution >= 0.6 is 0 Å². The fraction of sp³-hybridized carbons (Fsp3) is 0.600. The van der Waals surface area contributed by atoms with Crippen LogP contribution in [0.25, 0.3) is 0 Å². The van der Waals surface area contributed by atoms with Crippen molar-refractivity contribution in [1.82, 2.24) is 15.1 Å². The molecule has 0 saturated carbocycles. The average molecular weight is 345 g/mol. The van der Waals surface area contributed by atoms with Crippen molar-refractivity contribution in [2.24, 2.45) is 5.92 Å². The van der Waals surface area contributed by atoms with Crippen LogP contribution in [-0.4, -0.2) is 47.9 Å². The molecule has 1 heterocycles. The van der Waals surface area contributed by atoms with Gasteiger partial charge in [0, 0.05) is 38.6 Å². The van der Waals surface area contributed by atoms with Crippen LogP contribution in [-0.2, 0) is 11.3 Å². The number of hydrogen-bond acceptors (Lipinski definition) is 2. The quantitative estimate of drug-likeness (QED) is 0.915. The molecule has 0 radical (unpaired) electrons. The summed E-state index contributed by atoms with van der Waals surface area (Å²) in [6.45, 7) is 13.3. The summed E-state index contributed by atoms with van der Waals surface area (Å²) in [5, 5.41) is 3.05. The van der Waals surface area contributed by atoms with Gasteiger partial charge < -0.3 is 15.1 Å². The van der Waals surface area contributed by atoms with Gasteiger partial charge >= 0.3 is 6.03 Å². The van der Waals surface area contributed by atoms with Crippen molar-refractivity contribution in [2.75, 3.05) is 26.2 Å². The standard InChI is InChI=1S/C20H31N3O2/c1-14(2)19(24)22-7-6-8-23(10-9-22)20(25)21-13-18-16(4)11-15(3)12-17(18)5/h11-12,14H,6-10,13H2,1-5H3,(H,21,25). The molecule has 0 atom stereocenters. The summed E-state index contributed by atoms with van der Waals surface area (Å²) in [6.07, 6.45) is 0.828. The highest BCUT2D eigenvalue weighted by Gasteiger charge is 2.23. The minimum Gasteiger partial charge on any atom is -0.341 e. The second kappa shape index (κ2) is 8.37. The smallest absolute Gasteiger partial charge is 0.317 e. The zero-order chi connectivity index (χ0) is 18.6. The summed E-state index contributed by atoms with van der Waals surface area (Å²) < 4.78 is 0. The number of urea groups is 1. The van der Waals surface area contributed by atoms with Gasteiger partial charge in [0.15, 0.2) is 0 Å². The van der Waals surface area contributed by atoms with Gasteiger partial charge in [-0.15, -0.1) is 0 Å². The topological polar surface area (TPSA) is 52.7 Å². The largest absolute Gasteiger partial charge is 0.341 e. The molecule has 0 bridgehead atoms. The fourth-order valence-corrected chi connectivity index (χ4v) is 3.47. The van der Waals surface area contributed by atoms with Gasteiger partial charge in [-0.05, 0) is 43.9 Å². The molecule has 3 amide bonds. The van der Waals surface area contributed by atoms with E-state index in [1.54, 1.807) is 0 Å². The van der Waals surface area contributed by atoms with Gasteiger partial charge in [-0.1, -0.05) is 31.5 Å². The van der Waals surface area contributed by atoms with Crippen molar-refractivity contribution < 1.29 is 9.59 Å². The molecule has 0 unspecified atom stereocenters. The molecule has 5 heteroatoms. The van der Waals surface area contributed by atoms with Crippen LogP contribution in [0.4, 0.5) is 4.79 Å². The van der Waals surface area contributed by atoms with Gasteiger partial charge in [0.2, 0.25) is 5.91 Å². The van der Waals surface area contributed by atoms with E-state index in [-0.39, 0.29) is 17.9 Å². The number of nitrogens with zero attached hydrogens (tertiary/aromatic N) is 2. The first-order valence-corrected chi connectivity index (χ1v) is 9.18. The number of carbonyl (C=O) groups is 2. The number of nitrogens with one attached hydrogen (secondary N) is 1. The summed E-state index contributed by atoms with van der Waals surface area (Å²) in [7, 11) is 0. The highest BCUT2D eigenvalue weighted by Crippen LogP contribution is 2.16. The van der Waals surface area contributed by atoms with Gasteiger partial charge in [0.25, 0.3) is 0 Å². The molecule has 0 spiro atoms. The van der Waals surface area contributed by atoms with E-state index in [0.29, 0.717) is 26.2 Å². The van der Waals surface area contributed by atoms with Gasteiger partial charge in [-0.25, -0.2) is 4.79 Å². The van der Waals surface area contributed by atoms with Crippen LogP contribution in [0.5, 0.6) is 0 Å². The molecule has 1 N–H and O–H groups in total. The third-order valence-corrected chi connectivity index (χ3v) is 4.85. The van der Waals surface area contributed by atoms with Gasteiger partial charge in [0.1, 0.15) is 0 Å². The normalized spacial score (nSPS) is 15.3. The molecule has 1 aromatic carbocycles. The van der Waals surface area contributed by atoms with Crippen molar-refractivity contribution in [3.63, 3.8) is 0 Å². The predicted molar refractivity (Wildman–Crippen MR) is 100 cm³/mol. The monoisotopic (exact) mass is 345 g/mol. The molecule has 0 aliphatic carbocycles. The molecule has 5 nitrogen and oxygen atoms in total. The van der Waals surface area contributed by atoms with Gasteiger partial charge in [-0.3, -0.25) is 4.79 Å². The Hall–Kier alpha value is -2.04. The zero-order valence-electron chi connectivity index (χ0n) is 16.2. The Morgan fingerprint density at radius 2 is 1.56 bits per heavy atom. The minimum absolute atomic E-state index is 0.00728. The highest BCUT2D eigenvalue weighted by molar-refractivity contribution is 5.78. The lowest BCUT2D eigenvalue weighted by Gasteiger charge is -2.24. The first-order valence-electron chi connectivity index (χ1n) is 9.18. The Morgan fingerprint density at radius 3 is 2.16 bits per heavy atom. The number of benzene rings is 1. The number of rotatable bonds is 3. The molecule has 1 fully saturated rings. The second-order valence-electron chi connectivity index (χ2n) is 7.36. The van der Waals surface area contributed by atoms with Crippen LogP contribution in [0.3, 0.4) is 0 Å². The van der Waals surface area contributed by atoms with Crippen LogP contribution < -0.4 is 5.32 Å². The third kappa shape index (κ3) is 4.97. The first kappa shape index (κ1) is 19.3. The fourth-order valence-electron chi connectivity index (χ4n) is 3.47. The maximum absolute atomic E-state index is 12.5. The molecule has 1 aliphatic heterocycles. The van der Waals surface area contributed by atoms with Crippen molar-refractivity contribution in [3.05, 3.63) is 34.4 Å². The number of carbonyl (C=O) groups excluding carboxylic acids is 2. The van der Waals surface area contributed by atoms with E-state index < -0.39 is 0 Å². The third-order valence-electron chi connectivity index (χ3n) is 4.85. The second-order valence-corrected chi connectivity index (χ2v) is 7.36. The van der Waals surface area contributed by atoms with E-state index in [1.165, 1.54) is 22.3 Å². The van der Waals surface area contributed by atoms with Crippen molar-refractivity contribution in [1.29, 1.82) is 0 Å². The number of amides is 3. The Bertz CT molecular complexity index is 617. The van der Waals surface area contributed by atoms with E-state index in [9.17, 15) is 9.59 Å². The van der Waals surface area contributed by atoms with E-state index >= 15 is 0 Å². The molecular formula is C20H31N3O2. The lowest BCUT2D eigenvalue weighted by molar-refractivity contribution is -0.134. The lowest BCUT2D eigenvalue weighted by atomic mass is 10.00. The molecule has 1 aromatic rings. The Morgan fingerprint density at radius 1 is 1.00 bits per heavy atom.